The van der Waals surface area contributed by atoms with Gasteiger partial charge < -0.3 is 14.5 Å². The number of nitrogens with zero attached hydrogens (tertiary/aromatic N) is 2. The van der Waals surface area contributed by atoms with E-state index in [1.54, 1.807) is 0 Å². The van der Waals surface area contributed by atoms with Crippen molar-refractivity contribution in [2.75, 3.05) is 46.2 Å². The normalized spacial score (nSPS) is 21.1. The molecule has 0 unspecified atom stereocenters. The number of carbonyl (C=O) groups excluding carboxylic acids is 1. The Morgan fingerprint density at radius 2 is 1.76 bits per heavy atom. The van der Waals surface area contributed by atoms with Crippen molar-refractivity contribution in [2.45, 2.75) is 49.8 Å². The number of hydrogen-bond donors (Lipinski definition) is 0. The monoisotopic (exact) mass is 314 g/mol. The first-order valence-electron chi connectivity index (χ1n) is 8.30. The van der Waals surface area contributed by atoms with Gasteiger partial charge in [0.1, 0.15) is 0 Å². The molecule has 1 heterocycles. The van der Waals surface area contributed by atoms with E-state index in [2.05, 4.69) is 23.9 Å². The molecule has 0 bridgehead atoms. The lowest BCUT2D eigenvalue weighted by molar-refractivity contribution is -0.132. The number of rotatable bonds is 7. The van der Waals surface area contributed by atoms with Crippen LogP contribution < -0.4 is 0 Å². The summed E-state index contributed by atoms with van der Waals surface area (Å²) in [4.78, 5) is 16.9. The summed E-state index contributed by atoms with van der Waals surface area (Å²) in [6, 6.07) is 0.385. The number of likely N-dealkylation sites (N-methyl/N-ethyl adjacent to an activating group) is 1. The van der Waals surface area contributed by atoms with E-state index < -0.39 is 0 Å². The highest BCUT2D eigenvalue weighted by atomic mass is 32.2. The zero-order valence-corrected chi connectivity index (χ0v) is 14.4. The second-order valence-electron chi connectivity index (χ2n) is 6.45. The summed E-state index contributed by atoms with van der Waals surface area (Å²) < 4.78 is 5.44. The van der Waals surface area contributed by atoms with E-state index in [1.807, 2.05) is 11.8 Å². The third-order valence-corrected chi connectivity index (χ3v) is 5.84. The molecule has 0 aromatic rings. The van der Waals surface area contributed by atoms with E-state index in [9.17, 15) is 4.79 Å². The first-order valence-corrected chi connectivity index (χ1v) is 9.35. The Labute approximate surface area is 133 Å². The van der Waals surface area contributed by atoms with Crippen molar-refractivity contribution in [2.24, 2.45) is 0 Å². The molecule has 21 heavy (non-hydrogen) atoms. The summed E-state index contributed by atoms with van der Waals surface area (Å²) in [6.45, 7) is 3.39. The Morgan fingerprint density at radius 3 is 2.38 bits per heavy atom. The minimum Gasteiger partial charge on any atom is -0.381 e. The quantitative estimate of drug-likeness (QED) is 0.721. The average Bonchev–Trinajstić information content (AvgIpc) is 2.99. The summed E-state index contributed by atoms with van der Waals surface area (Å²) in [6.07, 6.45) is 7.27. The Hall–Kier alpha value is -0.260. The molecule has 0 radical (unpaired) electrons. The number of ether oxygens (including phenoxy) is 1. The molecule has 0 spiro atoms. The van der Waals surface area contributed by atoms with Crippen LogP contribution in [0, 0.1) is 0 Å². The van der Waals surface area contributed by atoms with Gasteiger partial charge in [0.05, 0.1) is 5.75 Å². The molecule has 5 heteroatoms. The number of thioether (sulfide) groups is 1. The highest BCUT2D eigenvalue weighted by Crippen LogP contribution is 2.29. The highest BCUT2D eigenvalue weighted by Gasteiger charge is 2.26. The van der Waals surface area contributed by atoms with Crippen LogP contribution in [-0.4, -0.2) is 73.2 Å². The minimum atomic E-state index is 0.334. The van der Waals surface area contributed by atoms with Crippen LogP contribution >= 0.6 is 11.8 Å². The maximum atomic E-state index is 12.7. The lowest BCUT2D eigenvalue weighted by Gasteiger charge is -2.35. The zero-order valence-electron chi connectivity index (χ0n) is 13.6. The lowest BCUT2D eigenvalue weighted by Crippen LogP contribution is -2.47. The molecular formula is C16H30N2O2S. The fourth-order valence-corrected chi connectivity index (χ4v) is 4.35. The second kappa shape index (κ2) is 9.01. The van der Waals surface area contributed by atoms with Gasteiger partial charge in [0, 0.05) is 37.6 Å². The average molecular weight is 314 g/mol. The van der Waals surface area contributed by atoms with Gasteiger partial charge in [-0.2, -0.15) is 0 Å². The fourth-order valence-electron chi connectivity index (χ4n) is 3.14. The van der Waals surface area contributed by atoms with Gasteiger partial charge in [0.25, 0.3) is 0 Å². The van der Waals surface area contributed by atoms with Crippen molar-refractivity contribution in [3.8, 4) is 0 Å². The van der Waals surface area contributed by atoms with E-state index in [4.69, 9.17) is 4.74 Å². The first-order chi connectivity index (χ1) is 10.2. The predicted molar refractivity (Wildman–Crippen MR) is 88.8 cm³/mol. The molecule has 1 aliphatic carbocycles. The van der Waals surface area contributed by atoms with Gasteiger partial charge in [-0.05, 0) is 39.8 Å². The molecular weight excluding hydrogens is 284 g/mol. The summed E-state index contributed by atoms with van der Waals surface area (Å²) in [5.41, 5.74) is 0. The van der Waals surface area contributed by atoms with Gasteiger partial charge in [-0.15, -0.1) is 11.8 Å². The molecule has 1 saturated carbocycles. The van der Waals surface area contributed by atoms with Crippen molar-refractivity contribution in [3.05, 3.63) is 0 Å². The van der Waals surface area contributed by atoms with Crippen LogP contribution in [0.1, 0.15) is 38.5 Å². The van der Waals surface area contributed by atoms with Crippen LogP contribution in [0.15, 0.2) is 0 Å². The third-order valence-electron chi connectivity index (χ3n) is 4.48. The molecule has 0 atom stereocenters. The molecule has 2 rings (SSSR count). The third kappa shape index (κ3) is 5.80. The van der Waals surface area contributed by atoms with Crippen molar-refractivity contribution in [1.29, 1.82) is 0 Å². The van der Waals surface area contributed by atoms with Crippen molar-refractivity contribution < 1.29 is 9.53 Å². The molecule has 0 aromatic carbocycles. The van der Waals surface area contributed by atoms with E-state index in [-0.39, 0.29) is 0 Å². The van der Waals surface area contributed by atoms with Crippen LogP contribution in [0.2, 0.25) is 0 Å². The first kappa shape index (κ1) is 17.1. The Bertz CT molecular complexity index is 313. The molecule has 0 aromatic heterocycles. The number of carbonyl (C=O) groups is 1. The smallest absolute Gasteiger partial charge is 0.232 e. The topological polar surface area (TPSA) is 32.8 Å². The van der Waals surface area contributed by atoms with E-state index in [1.165, 1.54) is 25.7 Å². The van der Waals surface area contributed by atoms with Gasteiger partial charge in [0.15, 0.2) is 0 Å². The van der Waals surface area contributed by atoms with Crippen molar-refractivity contribution in [3.63, 3.8) is 0 Å². The van der Waals surface area contributed by atoms with Crippen molar-refractivity contribution >= 4 is 17.7 Å². The predicted octanol–water partition coefficient (Wildman–Crippen LogP) is 2.23. The fraction of sp³-hybridized carbons (Fsp3) is 0.938. The van der Waals surface area contributed by atoms with Gasteiger partial charge in [-0.1, -0.05) is 12.8 Å². The van der Waals surface area contributed by atoms with Crippen LogP contribution in [0.3, 0.4) is 0 Å². The summed E-state index contributed by atoms with van der Waals surface area (Å²) in [7, 11) is 4.14. The Morgan fingerprint density at radius 1 is 1.10 bits per heavy atom. The summed E-state index contributed by atoms with van der Waals surface area (Å²) in [5, 5.41) is 0.722. The molecule has 1 aliphatic heterocycles. The van der Waals surface area contributed by atoms with Crippen LogP contribution in [0.5, 0.6) is 0 Å². The SMILES string of the molecule is CN(C)CCN(C(=O)CSC1CCCC1)C1CCOCC1. The lowest BCUT2D eigenvalue weighted by atomic mass is 10.1. The van der Waals surface area contributed by atoms with Gasteiger partial charge in [-0.25, -0.2) is 0 Å². The number of amides is 1. The molecule has 1 saturated heterocycles. The maximum absolute atomic E-state index is 12.7. The number of hydrogen-bond acceptors (Lipinski definition) is 4. The molecule has 2 fully saturated rings. The van der Waals surface area contributed by atoms with Crippen molar-refractivity contribution in [1.82, 2.24) is 9.80 Å². The van der Waals surface area contributed by atoms with Crippen LogP contribution in [0.25, 0.3) is 0 Å². The van der Waals surface area contributed by atoms with E-state index in [0.29, 0.717) is 17.7 Å². The van der Waals surface area contributed by atoms with E-state index >= 15 is 0 Å². The molecule has 4 nitrogen and oxygen atoms in total. The van der Waals surface area contributed by atoms with Gasteiger partial charge >= 0.3 is 0 Å². The van der Waals surface area contributed by atoms with Gasteiger partial charge in [-0.3, -0.25) is 4.79 Å². The van der Waals surface area contributed by atoms with E-state index in [0.717, 1.165) is 44.4 Å². The van der Waals surface area contributed by atoms with Crippen LogP contribution in [-0.2, 0) is 9.53 Å². The zero-order chi connectivity index (χ0) is 15.1. The molecule has 122 valence electrons. The summed E-state index contributed by atoms with van der Waals surface area (Å²) in [5.74, 6) is 0.996. The highest BCUT2D eigenvalue weighted by molar-refractivity contribution is 8.00. The standard InChI is InChI=1S/C16H30N2O2S/c1-17(2)9-10-18(14-7-11-20-12-8-14)16(19)13-21-15-5-3-4-6-15/h14-15H,3-13H2,1-2H3. The Kier molecular flexibility index (Phi) is 7.34. The Balaban J connectivity index is 1.84. The molecule has 0 N–H and O–H groups in total. The second-order valence-corrected chi connectivity index (χ2v) is 7.74. The molecule has 1 amide bonds. The minimum absolute atomic E-state index is 0.334. The summed E-state index contributed by atoms with van der Waals surface area (Å²) >= 11 is 1.88. The largest absolute Gasteiger partial charge is 0.381 e. The van der Waals surface area contributed by atoms with Gasteiger partial charge in [0.2, 0.25) is 5.91 Å². The molecule has 2 aliphatic rings. The van der Waals surface area contributed by atoms with Crippen LogP contribution in [0.4, 0.5) is 0 Å². The maximum Gasteiger partial charge on any atom is 0.232 e.